The van der Waals surface area contributed by atoms with E-state index in [9.17, 15) is 30.4 Å². The van der Waals surface area contributed by atoms with Gasteiger partial charge in [0.2, 0.25) is 0 Å². The van der Waals surface area contributed by atoms with Crippen molar-refractivity contribution in [3.63, 3.8) is 0 Å². The highest BCUT2D eigenvalue weighted by atomic mass is 32.2. The number of nitrogens with one attached hydrogen (secondary N) is 1. The summed E-state index contributed by atoms with van der Waals surface area (Å²) in [6.45, 7) is -1.03. The van der Waals surface area contributed by atoms with Crippen LogP contribution in [0.2, 0.25) is 0 Å². The molecule has 0 aromatic heterocycles. The summed E-state index contributed by atoms with van der Waals surface area (Å²) in [6.07, 6.45) is -1.94. The summed E-state index contributed by atoms with van der Waals surface area (Å²) < 4.78 is 80.2. The van der Waals surface area contributed by atoms with Crippen LogP contribution in [0.5, 0.6) is 5.75 Å². The molecular formula is C16H15F2NO7S2. The maximum atomic E-state index is 12.5. The lowest BCUT2D eigenvalue weighted by Gasteiger charge is -2.15. The first-order valence-corrected chi connectivity index (χ1v) is 10.9. The van der Waals surface area contributed by atoms with Gasteiger partial charge in [-0.15, -0.1) is 0 Å². The Labute approximate surface area is 159 Å². The Hall–Kier alpha value is -2.73. The first-order chi connectivity index (χ1) is 12.9. The number of benzene rings is 2. The van der Waals surface area contributed by atoms with Crippen LogP contribution in [0.4, 0.5) is 14.5 Å². The fourth-order valence-corrected chi connectivity index (χ4v) is 3.79. The number of hydrogen-bond acceptors (Lipinski definition) is 6. The third kappa shape index (κ3) is 5.39. The van der Waals surface area contributed by atoms with Gasteiger partial charge in [0.05, 0.1) is 21.0 Å². The van der Waals surface area contributed by atoms with E-state index in [4.69, 9.17) is 9.84 Å². The summed E-state index contributed by atoms with van der Waals surface area (Å²) in [5.41, 5.74) is -0.495. The fourth-order valence-electron chi connectivity index (χ4n) is 2.08. The van der Waals surface area contributed by atoms with Gasteiger partial charge in [-0.2, -0.15) is 0 Å². The number of anilines is 1. The zero-order valence-electron chi connectivity index (χ0n) is 14.3. The van der Waals surface area contributed by atoms with E-state index >= 15 is 0 Å². The molecule has 0 aliphatic heterocycles. The number of carboxylic acids is 1. The second kappa shape index (κ2) is 8.10. The van der Waals surface area contributed by atoms with Crippen molar-refractivity contribution in [3.05, 3.63) is 48.0 Å². The van der Waals surface area contributed by atoms with Crippen LogP contribution < -0.4 is 9.46 Å². The molecule has 0 spiro atoms. The van der Waals surface area contributed by atoms with Gasteiger partial charge in [-0.1, -0.05) is 0 Å². The standard InChI is InChI=1S/C16H15F2NO7S2/c1-27(22,23)12-6-7-14(26-9-15(17)18)13(8-12)19-28(24,25)11-4-2-10(3-5-11)16(20)21/h2-8,15,19H,9H2,1H3,(H,20,21). The molecule has 0 radical (unpaired) electrons. The highest BCUT2D eigenvalue weighted by Gasteiger charge is 2.20. The highest BCUT2D eigenvalue weighted by molar-refractivity contribution is 7.92. The summed E-state index contributed by atoms with van der Waals surface area (Å²) in [5.74, 6) is -1.54. The molecule has 8 nitrogen and oxygen atoms in total. The van der Waals surface area contributed by atoms with Crippen molar-refractivity contribution in [2.75, 3.05) is 17.6 Å². The Kier molecular flexibility index (Phi) is 6.24. The molecule has 12 heteroatoms. The molecule has 0 fully saturated rings. The van der Waals surface area contributed by atoms with Crippen LogP contribution in [0.15, 0.2) is 52.3 Å². The van der Waals surface area contributed by atoms with Crippen molar-refractivity contribution in [1.82, 2.24) is 0 Å². The van der Waals surface area contributed by atoms with Gasteiger partial charge in [-0.05, 0) is 42.5 Å². The molecule has 2 rings (SSSR count). The largest absolute Gasteiger partial charge is 0.485 e. The smallest absolute Gasteiger partial charge is 0.335 e. The monoisotopic (exact) mass is 435 g/mol. The van der Waals surface area contributed by atoms with Crippen molar-refractivity contribution < 1.29 is 40.3 Å². The molecule has 0 unspecified atom stereocenters. The van der Waals surface area contributed by atoms with Crippen LogP contribution >= 0.6 is 0 Å². The van der Waals surface area contributed by atoms with Crippen LogP contribution in [0, 0.1) is 0 Å². The maximum Gasteiger partial charge on any atom is 0.335 e. The molecule has 2 N–H and O–H groups in total. The van der Waals surface area contributed by atoms with Gasteiger partial charge in [0.25, 0.3) is 16.4 Å². The van der Waals surface area contributed by atoms with E-state index in [-0.39, 0.29) is 26.8 Å². The van der Waals surface area contributed by atoms with E-state index < -0.39 is 38.9 Å². The van der Waals surface area contributed by atoms with Crippen LogP contribution in [-0.4, -0.2) is 47.2 Å². The van der Waals surface area contributed by atoms with Gasteiger partial charge in [0.15, 0.2) is 9.84 Å². The highest BCUT2D eigenvalue weighted by Crippen LogP contribution is 2.30. The molecule has 152 valence electrons. The Morgan fingerprint density at radius 2 is 1.64 bits per heavy atom. The fraction of sp³-hybridized carbons (Fsp3) is 0.188. The number of sulfonamides is 1. The number of carboxylic acid groups (broad SMARTS) is 1. The Morgan fingerprint density at radius 1 is 1.07 bits per heavy atom. The first-order valence-electron chi connectivity index (χ1n) is 7.51. The molecule has 0 amide bonds. The average molecular weight is 435 g/mol. The molecule has 2 aromatic carbocycles. The number of halogens is 2. The predicted molar refractivity (Wildman–Crippen MR) is 95.3 cm³/mol. The number of sulfone groups is 1. The summed E-state index contributed by atoms with van der Waals surface area (Å²) >= 11 is 0. The minimum Gasteiger partial charge on any atom is -0.485 e. The second-order valence-electron chi connectivity index (χ2n) is 5.57. The molecule has 0 aliphatic carbocycles. The van der Waals surface area contributed by atoms with E-state index in [1.807, 2.05) is 0 Å². The van der Waals surface area contributed by atoms with Crippen LogP contribution in [0.25, 0.3) is 0 Å². The Bertz CT molecular complexity index is 1080. The average Bonchev–Trinajstić information content (AvgIpc) is 2.59. The zero-order chi connectivity index (χ0) is 21.1. The number of ether oxygens (including phenoxy) is 1. The van der Waals surface area contributed by atoms with Gasteiger partial charge >= 0.3 is 5.97 Å². The summed E-state index contributed by atoms with van der Waals surface area (Å²) in [4.78, 5) is 10.3. The second-order valence-corrected chi connectivity index (χ2v) is 9.27. The van der Waals surface area contributed by atoms with E-state index in [1.165, 1.54) is 0 Å². The molecule has 0 aliphatic rings. The van der Waals surface area contributed by atoms with Gasteiger partial charge in [-0.25, -0.2) is 30.4 Å². The summed E-state index contributed by atoms with van der Waals surface area (Å²) in [6, 6.07) is 7.30. The van der Waals surface area contributed by atoms with E-state index in [2.05, 4.69) is 4.72 Å². The Morgan fingerprint density at radius 3 is 2.14 bits per heavy atom. The van der Waals surface area contributed by atoms with Crippen molar-refractivity contribution in [3.8, 4) is 5.75 Å². The number of carbonyl (C=O) groups is 1. The molecule has 0 saturated carbocycles. The lowest BCUT2D eigenvalue weighted by molar-refractivity contribution is 0.0696. The Balaban J connectivity index is 2.44. The number of alkyl halides is 2. The first kappa shape index (κ1) is 21.6. The van der Waals surface area contributed by atoms with Crippen molar-refractivity contribution in [2.24, 2.45) is 0 Å². The summed E-state index contributed by atoms with van der Waals surface area (Å²) in [7, 11) is -8.00. The van der Waals surface area contributed by atoms with E-state index in [0.717, 1.165) is 48.7 Å². The quantitative estimate of drug-likeness (QED) is 0.651. The number of aromatic carboxylic acids is 1. The number of hydrogen-bond donors (Lipinski definition) is 2. The van der Waals surface area contributed by atoms with Crippen molar-refractivity contribution in [1.29, 1.82) is 0 Å². The van der Waals surface area contributed by atoms with Crippen molar-refractivity contribution >= 4 is 31.5 Å². The van der Waals surface area contributed by atoms with Crippen LogP contribution in [0.1, 0.15) is 10.4 Å². The molecule has 0 atom stereocenters. The van der Waals surface area contributed by atoms with Gasteiger partial charge in [-0.3, -0.25) is 4.72 Å². The molecular weight excluding hydrogens is 420 g/mol. The van der Waals surface area contributed by atoms with Crippen LogP contribution in [0.3, 0.4) is 0 Å². The summed E-state index contributed by atoms with van der Waals surface area (Å²) in [5, 5.41) is 8.86. The molecule has 0 saturated heterocycles. The minimum atomic E-state index is -4.28. The van der Waals surface area contributed by atoms with Gasteiger partial charge < -0.3 is 9.84 Å². The van der Waals surface area contributed by atoms with Gasteiger partial charge in [0, 0.05) is 6.26 Å². The third-order valence-corrected chi connectivity index (χ3v) is 5.89. The van der Waals surface area contributed by atoms with Gasteiger partial charge in [0.1, 0.15) is 12.4 Å². The minimum absolute atomic E-state index is 0.140. The maximum absolute atomic E-state index is 12.5. The molecule has 28 heavy (non-hydrogen) atoms. The predicted octanol–water partition coefficient (Wildman–Crippen LogP) is 2.23. The zero-order valence-corrected chi connectivity index (χ0v) is 15.9. The SMILES string of the molecule is CS(=O)(=O)c1ccc(OCC(F)F)c(NS(=O)(=O)c2ccc(C(=O)O)cc2)c1. The molecule has 0 bridgehead atoms. The van der Waals surface area contributed by atoms with Crippen molar-refractivity contribution in [2.45, 2.75) is 16.2 Å². The van der Waals surface area contributed by atoms with E-state index in [1.54, 1.807) is 0 Å². The normalized spacial score (nSPS) is 12.0. The topological polar surface area (TPSA) is 127 Å². The number of rotatable bonds is 8. The molecule has 0 heterocycles. The van der Waals surface area contributed by atoms with Crippen LogP contribution in [-0.2, 0) is 19.9 Å². The lowest BCUT2D eigenvalue weighted by Crippen LogP contribution is -2.16. The lowest BCUT2D eigenvalue weighted by atomic mass is 10.2. The third-order valence-electron chi connectivity index (χ3n) is 3.40. The van der Waals surface area contributed by atoms with E-state index in [0.29, 0.717) is 0 Å². The molecule has 2 aromatic rings.